The molecule has 2 rings (SSSR count). The first-order valence-corrected chi connectivity index (χ1v) is 7.36. The molecule has 104 valence electrons. The SMILES string of the molecule is NC(=S)c1ccccc1CN(CCCO)C1CCC1. The van der Waals surface area contributed by atoms with Gasteiger partial charge in [0.15, 0.2) is 0 Å². The largest absolute Gasteiger partial charge is 0.396 e. The van der Waals surface area contributed by atoms with Crippen LogP contribution >= 0.6 is 12.2 Å². The van der Waals surface area contributed by atoms with Crippen molar-refractivity contribution in [2.45, 2.75) is 38.3 Å². The first-order valence-electron chi connectivity index (χ1n) is 6.95. The fourth-order valence-electron chi connectivity index (χ4n) is 2.53. The van der Waals surface area contributed by atoms with E-state index in [0.29, 0.717) is 11.0 Å². The minimum absolute atomic E-state index is 0.250. The van der Waals surface area contributed by atoms with Gasteiger partial charge in [0.1, 0.15) is 4.99 Å². The number of benzene rings is 1. The monoisotopic (exact) mass is 278 g/mol. The van der Waals surface area contributed by atoms with Crippen molar-refractivity contribution in [1.29, 1.82) is 0 Å². The maximum atomic E-state index is 9.03. The predicted octanol–water partition coefficient (Wildman–Crippen LogP) is 2.06. The van der Waals surface area contributed by atoms with Gasteiger partial charge < -0.3 is 10.8 Å². The van der Waals surface area contributed by atoms with Gasteiger partial charge in [-0.3, -0.25) is 4.90 Å². The standard InChI is InChI=1S/C15H22N2OS/c16-15(19)14-8-2-1-5-12(14)11-17(9-4-10-18)13-6-3-7-13/h1-2,5,8,13,18H,3-4,6-7,9-11H2,(H2,16,19). The molecule has 0 unspecified atom stereocenters. The van der Waals surface area contributed by atoms with E-state index >= 15 is 0 Å². The van der Waals surface area contributed by atoms with Crippen LogP contribution in [0.15, 0.2) is 24.3 Å². The number of thiocarbonyl (C=S) groups is 1. The lowest BCUT2D eigenvalue weighted by molar-refractivity contribution is 0.109. The van der Waals surface area contributed by atoms with Gasteiger partial charge in [-0.1, -0.05) is 42.9 Å². The fourth-order valence-corrected chi connectivity index (χ4v) is 2.73. The van der Waals surface area contributed by atoms with Gasteiger partial charge in [-0.05, 0) is 24.8 Å². The second-order valence-corrected chi connectivity index (χ2v) is 5.59. The van der Waals surface area contributed by atoms with Gasteiger partial charge >= 0.3 is 0 Å². The van der Waals surface area contributed by atoms with E-state index in [1.807, 2.05) is 18.2 Å². The minimum atomic E-state index is 0.250. The van der Waals surface area contributed by atoms with Gasteiger partial charge in [0, 0.05) is 31.3 Å². The Kier molecular flexibility index (Phi) is 5.31. The zero-order chi connectivity index (χ0) is 13.7. The molecule has 3 N–H and O–H groups in total. The molecule has 1 aromatic carbocycles. The summed E-state index contributed by atoms with van der Waals surface area (Å²) in [6.45, 7) is 2.06. The molecule has 1 aliphatic rings. The summed E-state index contributed by atoms with van der Waals surface area (Å²) in [7, 11) is 0. The average molecular weight is 278 g/mol. The van der Waals surface area contributed by atoms with Crippen molar-refractivity contribution in [2.24, 2.45) is 5.73 Å². The van der Waals surface area contributed by atoms with Gasteiger partial charge in [-0.2, -0.15) is 0 Å². The molecule has 0 heterocycles. The van der Waals surface area contributed by atoms with E-state index in [9.17, 15) is 0 Å². The zero-order valence-corrected chi connectivity index (χ0v) is 12.0. The molecule has 1 aromatic rings. The summed E-state index contributed by atoms with van der Waals surface area (Å²) >= 11 is 5.12. The molecule has 0 spiro atoms. The molecule has 0 amide bonds. The van der Waals surface area contributed by atoms with Crippen molar-refractivity contribution in [3.8, 4) is 0 Å². The fraction of sp³-hybridized carbons (Fsp3) is 0.533. The van der Waals surface area contributed by atoms with Crippen molar-refractivity contribution in [3.63, 3.8) is 0 Å². The lowest BCUT2D eigenvalue weighted by atomic mass is 9.90. The summed E-state index contributed by atoms with van der Waals surface area (Å²) in [5, 5.41) is 9.03. The van der Waals surface area contributed by atoms with Crippen molar-refractivity contribution in [1.82, 2.24) is 4.90 Å². The Morgan fingerprint density at radius 2 is 2.11 bits per heavy atom. The van der Waals surface area contributed by atoms with E-state index in [0.717, 1.165) is 25.1 Å². The maximum Gasteiger partial charge on any atom is 0.104 e. The van der Waals surface area contributed by atoms with E-state index in [4.69, 9.17) is 23.1 Å². The summed E-state index contributed by atoms with van der Waals surface area (Å²) < 4.78 is 0. The first-order chi connectivity index (χ1) is 9.22. The van der Waals surface area contributed by atoms with E-state index in [1.165, 1.54) is 24.8 Å². The number of hydrogen-bond donors (Lipinski definition) is 2. The first kappa shape index (κ1) is 14.4. The smallest absolute Gasteiger partial charge is 0.104 e. The van der Waals surface area contributed by atoms with Crippen LogP contribution in [-0.4, -0.2) is 34.2 Å². The molecule has 3 nitrogen and oxygen atoms in total. The highest BCUT2D eigenvalue weighted by molar-refractivity contribution is 7.80. The quantitative estimate of drug-likeness (QED) is 0.750. The Balaban J connectivity index is 2.09. The van der Waals surface area contributed by atoms with E-state index in [-0.39, 0.29) is 6.61 Å². The van der Waals surface area contributed by atoms with Crippen molar-refractivity contribution < 1.29 is 5.11 Å². The van der Waals surface area contributed by atoms with E-state index in [1.54, 1.807) is 0 Å². The summed E-state index contributed by atoms with van der Waals surface area (Å²) in [6.07, 6.45) is 4.67. The predicted molar refractivity (Wildman–Crippen MR) is 82.1 cm³/mol. The average Bonchev–Trinajstić information content (AvgIpc) is 2.34. The molecular formula is C15H22N2OS. The summed E-state index contributed by atoms with van der Waals surface area (Å²) in [5.74, 6) is 0. The molecule has 4 heteroatoms. The van der Waals surface area contributed by atoms with Gasteiger partial charge in [0.2, 0.25) is 0 Å². The normalized spacial score (nSPS) is 15.5. The third-order valence-electron chi connectivity index (χ3n) is 3.85. The van der Waals surface area contributed by atoms with Crippen LogP contribution in [-0.2, 0) is 6.54 Å². The van der Waals surface area contributed by atoms with Crippen LogP contribution in [0.2, 0.25) is 0 Å². The number of aliphatic hydroxyl groups is 1. The lowest BCUT2D eigenvalue weighted by Gasteiger charge is -2.38. The Morgan fingerprint density at radius 1 is 1.37 bits per heavy atom. The Hall–Kier alpha value is -0.970. The van der Waals surface area contributed by atoms with Gasteiger partial charge in [0.05, 0.1) is 0 Å². The van der Waals surface area contributed by atoms with Crippen molar-refractivity contribution >= 4 is 17.2 Å². The molecule has 1 aliphatic carbocycles. The third kappa shape index (κ3) is 3.75. The topological polar surface area (TPSA) is 49.5 Å². The van der Waals surface area contributed by atoms with Gasteiger partial charge in [-0.15, -0.1) is 0 Å². The Bertz CT molecular complexity index is 432. The second kappa shape index (κ2) is 6.98. The number of rotatable bonds is 7. The van der Waals surface area contributed by atoms with Gasteiger partial charge in [0.25, 0.3) is 0 Å². The van der Waals surface area contributed by atoms with Crippen LogP contribution in [0.3, 0.4) is 0 Å². The molecule has 0 atom stereocenters. The minimum Gasteiger partial charge on any atom is -0.396 e. The van der Waals surface area contributed by atoms with Crippen molar-refractivity contribution in [3.05, 3.63) is 35.4 Å². The van der Waals surface area contributed by atoms with Crippen LogP contribution in [0, 0.1) is 0 Å². The highest BCUT2D eigenvalue weighted by Gasteiger charge is 2.25. The summed E-state index contributed by atoms with van der Waals surface area (Å²) in [5.41, 5.74) is 7.96. The molecule has 0 aliphatic heterocycles. The molecular weight excluding hydrogens is 256 g/mol. The molecule has 1 fully saturated rings. The number of nitrogens with two attached hydrogens (primary N) is 1. The second-order valence-electron chi connectivity index (χ2n) is 5.15. The van der Waals surface area contributed by atoms with Gasteiger partial charge in [-0.25, -0.2) is 0 Å². The Labute approximate surface area is 120 Å². The lowest BCUT2D eigenvalue weighted by Crippen LogP contribution is -2.40. The van der Waals surface area contributed by atoms with E-state index < -0.39 is 0 Å². The molecule has 0 bridgehead atoms. The van der Waals surface area contributed by atoms with E-state index in [2.05, 4.69) is 11.0 Å². The molecule has 0 radical (unpaired) electrons. The molecule has 19 heavy (non-hydrogen) atoms. The van der Waals surface area contributed by atoms with Crippen LogP contribution in [0.4, 0.5) is 0 Å². The highest BCUT2D eigenvalue weighted by atomic mass is 32.1. The van der Waals surface area contributed by atoms with Crippen LogP contribution < -0.4 is 5.73 Å². The number of hydrogen-bond acceptors (Lipinski definition) is 3. The maximum absolute atomic E-state index is 9.03. The molecule has 1 saturated carbocycles. The molecule has 0 saturated heterocycles. The van der Waals surface area contributed by atoms with Crippen LogP contribution in [0.25, 0.3) is 0 Å². The van der Waals surface area contributed by atoms with Crippen molar-refractivity contribution in [2.75, 3.05) is 13.2 Å². The molecule has 0 aromatic heterocycles. The third-order valence-corrected chi connectivity index (χ3v) is 4.07. The number of aliphatic hydroxyl groups excluding tert-OH is 1. The highest BCUT2D eigenvalue weighted by Crippen LogP contribution is 2.27. The van der Waals surface area contributed by atoms with Crippen LogP contribution in [0.1, 0.15) is 36.8 Å². The summed E-state index contributed by atoms with van der Waals surface area (Å²) in [4.78, 5) is 2.92. The number of nitrogens with zero attached hydrogens (tertiary/aromatic N) is 1. The zero-order valence-electron chi connectivity index (χ0n) is 11.2. The summed E-state index contributed by atoms with van der Waals surface area (Å²) in [6, 6.07) is 8.74. The van der Waals surface area contributed by atoms with Crippen LogP contribution in [0.5, 0.6) is 0 Å². The Morgan fingerprint density at radius 3 is 2.68 bits per heavy atom.